The number of carbonyl (C=O) groups is 2. The van der Waals surface area contributed by atoms with Crippen molar-refractivity contribution in [3.05, 3.63) is 94.5 Å². The minimum absolute atomic E-state index is 0.114. The van der Waals surface area contributed by atoms with E-state index in [1.165, 1.54) is 6.07 Å². The lowest BCUT2D eigenvalue weighted by Gasteiger charge is -2.15. The molecule has 0 bridgehead atoms. The van der Waals surface area contributed by atoms with Gasteiger partial charge in [-0.3, -0.25) is 19.1 Å². The summed E-state index contributed by atoms with van der Waals surface area (Å²) < 4.78 is 8.05. The minimum atomic E-state index is -1.60. The number of aromatic nitrogens is 3. The number of amides is 2. The van der Waals surface area contributed by atoms with Crippen molar-refractivity contribution in [3.63, 3.8) is 0 Å². The van der Waals surface area contributed by atoms with Crippen LogP contribution in [0.3, 0.4) is 0 Å². The first-order chi connectivity index (χ1) is 21.7. The Balaban J connectivity index is 1.32. The zero-order chi connectivity index (χ0) is 31.9. The standard InChI is InChI=1S/C32H34BClN6O5/c1-3-35-30(42)19-27-32-39-38-20(2)40(32)28-15-14-25(18-26(28)31(37-27)21-10-12-23(34)13-11-21)45-16-5-4-9-29(41)36-24-8-6-7-22(17-24)33(43)44/h6-8,10-15,17-18,27,43-44H,3-5,9,16,19H2,1-2H3,(H,35,42)(H,36,41). The summed E-state index contributed by atoms with van der Waals surface area (Å²) in [5, 5.41) is 33.6. The summed E-state index contributed by atoms with van der Waals surface area (Å²) in [4.78, 5) is 30.2. The van der Waals surface area contributed by atoms with Crippen LogP contribution < -0.4 is 20.8 Å². The fraction of sp³-hybridized carbons (Fsp3) is 0.281. The zero-order valence-electron chi connectivity index (χ0n) is 25.0. The number of fused-ring (bicyclic) bond motifs is 3. The largest absolute Gasteiger partial charge is 0.494 e. The Morgan fingerprint density at radius 3 is 2.58 bits per heavy atom. The van der Waals surface area contributed by atoms with Crippen LogP contribution in [0.2, 0.25) is 5.02 Å². The molecule has 1 aromatic heterocycles. The summed E-state index contributed by atoms with van der Waals surface area (Å²) in [7, 11) is -1.60. The molecule has 0 spiro atoms. The second kappa shape index (κ2) is 14.5. The average molecular weight is 629 g/mol. The first-order valence-electron chi connectivity index (χ1n) is 14.8. The van der Waals surface area contributed by atoms with E-state index in [9.17, 15) is 19.6 Å². The highest BCUT2D eigenvalue weighted by molar-refractivity contribution is 6.58. The number of benzene rings is 3. The van der Waals surface area contributed by atoms with E-state index in [-0.39, 0.29) is 24.7 Å². The van der Waals surface area contributed by atoms with Crippen LogP contribution in [0.4, 0.5) is 5.69 Å². The monoisotopic (exact) mass is 628 g/mol. The molecule has 4 aromatic rings. The van der Waals surface area contributed by atoms with E-state index in [0.29, 0.717) is 65.3 Å². The molecule has 11 nitrogen and oxygen atoms in total. The van der Waals surface area contributed by atoms with E-state index in [1.54, 1.807) is 30.3 Å². The molecule has 13 heteroatoms. The van der Waals surface area contributed by atoms with Gasteiger partial charge in [0, 0.05) is 34.8 Å². The third-order valence-corrected chi connectivity index (χ3v) is 7.55. The molecule has 4 N–H and O–H groups in total. The molecule has 45 heavy (non-hydrogen) atoms. The molecule has 0 aliphatic carbocycles. The van der Waals surface area contributed by atoms with Crippen LogP contribution in [0.5, 0.6) is 5.75 Å². The van der Waals surface area contributed by atoms with Crippen LogP contribution in [-0.2, 0) is 9.59 Å². The molecule has 0 saturated carbocycles. The molecular formula is C32H34BClN6O5. The van der Waals surface area contributed by atoms with Crippen molar-refractivity contribution in [1.29, 1.82) is 0 Å². The Morgan fingerprint density at radius 2 is 1.82 bits per heavy atom. The van der Waals surface area contributed by atoms with Gasteiger partial charge in [0.1, 0.15) is 17.6 Å². The van der Waals surface area contributed by atoms with E-state index < -0.39 is 13.2 Å². The van der Waals surface area contributed by atoms with Crippen molar-refractivity contribution < 1.29 is 24.4 Å². The molecule has 2 amide bonds. The summed E-state index contributed by atoms with van der Waals surface area (Å²) in [5.41, 5.74) is 3.94. The number of rotatable bonds is 12. The number of nitrogens with one attached hydrogen (secondary N) is 2. The fourth-order valence-electron chi connectivity index (χ4n) is 5.16. The van der Waals surface area contributed by atoms with E-state index in [1.807, 2.05) is 48.7 Å². The van der Waals surface area contributed by atoms with Crippen LogP contribution >= 0.6 is 11.6 Å². The molecule has 0 saturated heterocycles. The minimum Gasteiger partial charge on any atom is -0.494 e. The van der Waals surface area contributed by atoms with Crippen molar-refractivity contribution in [2.24, 2.45) is 4.99 Å². The van der Waals surface area contributed by atoms with Gasteiger partial charge in [0.25, 0.3) is 0 Å². The van der Waals surface area contributed by atoms with E-state index in [2.05, 4.69) is 20.8 Å². The first kappa shape index (κ1) is 31.9. The van der Waals surface area contributed by atoms with Crippen molar-refractivity contribution in [2.75, 3.05) is 18.5 Å². The molecule has 0 fully saturated rings. The quantitative estimate of drug-likeness (QED) is 0.138. The SMILES string of the molecule is CCNC(=O)CC1N=C(c2ccc(Cl)cc2)c2cc(OCCCCC(=O)Nc3cccc(B(O)O)c3)ccc2-n2c(C)nnc21. The number of unbranched alkanes of at least 4 members (excludes halogenated alkanes) is 1. The van der Waals surface area contributed by atoms with Crippen molar-refractivity contribution in [1.82, 2.24) is 20.1 Å². The third-order valence-electron chi connectivity index (χ3n) is 7.30. The maximum Gasteiger partial charge on any atom is 0.488 e. The fourth-order valence-corrected chi connectivity index (χ4v) is 5.29. The molecule has 3 aromatic carbocycles. The van der Waals surface area contributed by atoms with Gasteiger partial charge in [-0.1, -0.05) is 35.9 Å². The predicted octanol–water partition coefficient (Wildman–Crippen LogP) is 3.52. The lowest BCUT2D eigenvalue weighted by molar-refractivity contribution is -0.121. The topological polar surface area (TPSA) is 151 Å². The molecule has 1 aliphatic heterocycles. The Kier molecular flexibility index (Phi) is 10.3. The lowest BCUT2D eigenvalue weighted by atomic mass is 9.80. The second-order valence-corrected chi connectivity index (χ2v) is 11.1. The highest BCUT2D eigenvalue weighted by atomic mass is 35.5. The number of halogens is 1. The van der Waals surface area contributed by atoms with Gasteiger partial charge < -0.3 is 25.4 Å². The van der Waals surface area contributed by atoms with Crippen molar-refractivity contribution in [3.8, 4) is 11.4 Å². The molecule has 1 aliphatic rings. The van der Waals surface area contributed by atoms with Gasteiger partial charge in [0.2, 0.25) is 11.8 Å². The highest BCUT2D eigenvalue weighted by Crippen LogP contribution is 2.34. The van der Waals surface area contributed by atoms with Crippen molar-refractivity contribution >= 4 is 47.4 Å². The average Bonchev–Trinajstić information content (AvgIpc) is 3.34. The number of aryl methyl sites for hydroxylation is 1. The van der Waals surface area contributed by atoms with E-state index >= 15 is 0 Å². The molecule has 232 valence electrons. The predicted molar refractivity (Wildman–Crippen MR) is 173 cm³/mol. The lowest BCUT2D eigenvalue weighted by Crippen LogP contribution is -2.30. The number of hydrogen-bond acceptors (Lipinski definition) is 8. The summed E-state index contributed by atoms with van der Waals surface area (Å²) in [5.74, 6) is 1.58. The Morgan fingerprint density at radius 1 is 1.02 bits per heavy atom. The van der Waals surface area contributed by atoms with Crippen LogP contribution in [0.15, 0.2) is 71.7 Å². The number of aliphatic imine (C=N–C) groups is 1. The highest BCUT2D eigenvalue weighted by Gasteiger charge is 2.30. The summed E-state index contributed by atoms with van der Waals surface area (Å²) in [6.45, 7) is 4.64. The summed E-state index contributed by atoms with van der Waals surface area (Å²) in [6, 6.07) is 19.0. The van der Waals surface area contributed by atoms with E-state index in [0.717, 1.165) is 16.8 Å². The number of hydrogen-bond donors (Lipinski definition) is 4. The van der Waals surface area contributed by atoms with Crippen LogP contribution in [0, 0.1) is 6.92 Å². The number of anilines is 1. The van der Waals surface area contributed by atoms with Crippen LogP contribution in [0.25, 0.3) is 5.69 Å². The van der Waals surface area contributed by atoms with Gasteiger partial charge in [0.05, 0.1) is 24.4 Å². The van der Waals surface area contributed by atoms with Gasteiger partial charge in [-0.05, 0) is 74.6 Å². The molecule has 1 unspecified atom stereocenters. The summed E-state index contributed by atoms with van der Waals surface area (Å²) in [6.07, 6.45) is 1.64. The zero-order valence-corrected chi connectivity index (χ0v) is 25.8. The Hall–Kier alpha value is -4.52. The van der Waals surface area contributed by atoms with Crippen LogP contribution in [-0.4, -0.2) is 62.6 Å². The first-order valence-corrected chi connectivity index (χ1v) is 15.2. The molecule has 0 radical (unpaired) electrons. The van der Waals surface area contributed by atoms with Gasteiger partial charge in [-0.25, -0.2) is 0 Å². The van der Waals surface area contributed by atoms with E-state index in [4.69, 9.17) is 21.3 Å². The molecular weight excluding hydrogens is 595 g/mol. The van der Waals surface area contributed by atoms with Gasteiger partial charge in [-0.2, -0.15) is 0 Å². The Labute approximate surface area is 266 Å². The number of nitrogens with zero attached hydrogens (tertiary/aromatic N) is 4. The molecule has 2 heterocycles. The van der Waals surface area contributed by atoms with Gasteiger partial charge in [-0.15, -0.1) is 10.2 Å². The van der Waals surface area contributed by atoms with Crippen molar-refractivity contribution in [2.45, 2.75) is 45.6 Å². The maximum atomic E-state index is 12.7. The Bertz CT molecular complexity index is 1710. The maximum absolute atomic E-state index is 12.7. The smallest absolute Gasteiger partial charge is 0.488 e. The summed E-state index contributed by atoms with van der Waals surface area (Å²) >= 11 is 6.20. The number of ether oxygens (including phenoxy) is 1. The second-order valence-electron chi connectivity index (χ2n) is 10.6. The van der Waals surface area contributed by atoms with Gasteiger partial charge in [0.15, 0.2) is 5.82 Å². The normalized spacial score (nSPS) is 13.6. The molecule has 1 atom stereocenters. The van der Waals surface area contributed by atoms with Crippen LogP contribution in [0.1, 0.15) is 61.4 Å². The van der Waals surface area contributed by atoms with Gasteiger partial charge >= 0.3 is 7.12 Å². The molecule has 5 rings (SSSR count). The third kappa shape index (κ3) is 7.77. The number of carbonyl (C=O) groups excluding carboxylic acids is 2.